The predicted octanol–water partition coefficient (Wildman–Crippen LogP) is 1.11. The molecule has 0 radical (unpaired) electrons. The third-order valence-electron chi connectivity index (χ3n) is 3.16. The molecule has 4 heteroatoms. The second kappa shape index (κ2) is 3.98. The maximum absolute atomic E-state index is 11.7. The zero-order valence-electron chi connectivity index (χ0n) is 9.40. The lowest BCUT2D eigenvalue weighted by Gasteiger charge is -2.47. The van der Waals surface area contributed by atoms with Gasteiger partial charge in [0.1, 0.15) is 5.60 Å². The van der Waals surface area contributed by atoms with Gasteiger partial charge in [0.05, 0.1) is 18.8 Å². The first kappa shape index (κ1) is 11.3. The number of hydrogen-bond acceptors (Lipinski definition) is 3. The Morgan fingerprint density at radius 3 is 2.60 bits per heavy atom. The van der Waals surface area contributed by atoms with Crippen LogP contribution in [0.15, 0.2) is 0 Å². The van der Waals surface area contributed by atoms with Gasteiger partial charge in [0.25, 0.3) is 0 Å². The Balaban J connectivity index is 1.71. The fourth-order valence-corrected chi connectivity index (χ4v) is 2.66. The van der Waals surface area contributed by atoms with Gasteiger partial charge in [-0.25, -0.2) is 0 Å². The number of nitrogens with zero attached hydrogens (tertiary/aromatic N) is 1. The van der Waals surface area contributed by atoms with Gasteiger partial charge in [-0.3, -0.25) is 4.79 Å². The van der Waals surface area contributed by atoms with Gasteiger partial charge < -0.3 is 10.0 Å². The van der Waals surface area contributed by atoms with Gasteiger partial charge in [0, 0.05) is 0 Å². The van der Waals surface area contributed by atoms with E-state index in [1.807, 2.05) is 0 Å². The molecule has 3 nitrogen and oxygen atoms in total. The lowest BCUT2D eigenvalue weighted by Crippen LogP contribution is -2.65. The van der Waals surface area contributed by atoms with E-state index in [9.17, 15) is 9.90 Å². The maximum atomic E-state index is 11.7. The molecule has 0 atom stereocenters. The summed E-state index contributed by atoms with van der Waals surface area (Å²) in [6.07, 6.45) is 2.28. The number of carbonyl (C=O) groups is 1. The second-order valence-corrected chi connectivity index (χ2v) is 6.55. The van der Waals surface area contributed by atoms with Crippen molar-refractivity contribution in [2.24, 2.45) is 5.92 Å². The number of aliphatic hydroxyl groups is 1. The molecule has 1 aliphatic carbocycles. The molecule has 86 valence electrons. The van der Waals surface area contributed by atoms with Crippen LogP contribution in [0.1, 0.15) is 26.7 Å². The number of likely N-dealkylation sites (tertiary alicyclic amines) is 1. The third-order valence-corrected chi connectivity index (χ3v) is 4.24. The van der Waals surface area contributed by atoms with Gasteiger partial charge in [0.2, 0.25) is 5.91 Å². The molecule has 2 aliphatic rings. The van der Waals surface area contributed by atoms with Crippen LogP contribution in [0.25, 0.3) is 0 Å². The highest BCUT2D eigenvalue weighted by Gasteiger charge is 2.53. The summed E-state index contributed by atoms with van der Waals surface area (Å²) < 4.78 is 0. The van der Waals surface area contributed by atoms with Crippen molar-refractivity contribution >= 4 is 17.7 Å². The molecule has 0 aromatic heterocycles. The first-order chi connectivity index (χ1) is 7.01. The molecule has 0 aromatic rings. The van der Waals surface area contributed by atoms with Crippen LogP contribution in [0, 0.1) is 5.92 Å². The first-order valence-corrected chi connectivity index (χ1v) is 6.68. The predicted molar refractivity (Wildman–Crippen MR) is 61.8 cm³/mol. The molecule has 1 N–H and O–H groups in total. The molecular weight excluding hydrogens is 210 g/mol. The van der Waals surface area contributed by atoms with Gasteiger partial charge in [-0.2, -0.15) is 0 Å². The minimum absolute atomic E-state index is 0.180. The van der Waals surface area contributed by atoms with E-state index in [2.05, 4.69) is 13.8 Å². The van der Waals surface area contributed by atoms with E-state index in [0.29, 0.717) is 30.0 Å². The van der Waals surface area contributed by atoms with Crippen LogP contribution in [0.4, 0.5) is 0 Å². The first-order valence-electron chi connectivity index (χ1n) is 5.63. The number of rotatable bonds is 4. The van der Waals surface area contributed by atoms with Crippen LogP contribution in [0.2, 0.25) is 0 Å². The van der Waals surface area contributed by atoms with Crippen molar-refractivity contribution in [3.63, 3.8) is 0 Å². The summed E-state index contributed by atoms with van der Waals surface area (Å²) in [6.45, 7) is 5.31. The Hall–Kier alpha value is -0.220. The molecule has 1 amide bonds. The third kappa shape index (κ3) is 2.48. The fraction of sp³-hybridized carbons (Fsp3) is 0.909. The van der Waals surface area contributed by atoms with Crippen LogP contribution in [0.5, 0.6) is 0 Å². The van der Waals surface area contributed by atoms with Crippen LogP contribution in [-0.2, 0) is 4.79 Å². The molecule has 1 saturated carbocycles. The lowest BCUT2D eigenvalue weighted by atomic mass is 9.89. The summed E-state index contributed by atoms with van der Waals surface area (Å²) in [5.74, 6) is 1.21. The Morgan fingerprint density at radius 2 is 2.13 bits per heavy atom. The Bertz CT molecular complexity index is 257. The minimum Gasteiger partial charge on any atom is -0.386 e. The van der Waals surface area contributed by atoms with Crippen LogP contribution >= 0.6 is 11.8 Å². The summed E-state index contributed by atoms with van der Waals surface area (Å²) in [4.78, 5) is 13.4. The Morgan fingerprint density at radius 1 is 1.53 bits per heavy atom. The van der Waals surface area contributed by atoms with E-state index in [0.717, 1.165) is 12.8 Å². The van der Waals surface area contributed by atoms with Gasteiger partial charge in [0.15, 0.2) is 0 Å². The molecule has 0 bridgehead atoms. The van der Waals surface area contributed by atoms with E-state index in [1.54, 1.807) is 16.7 Å². The molecule has 2 fully saturated rings. The summed E-state index contributed by atoms with van der Waals surface area (Å²) in [7, 11) is 0. The lowest BCUT2D eigenvalue weighted by molar-refractivity contribution is -0.156. The highest BCUT2D eigenvalue weighted by atomic mass is 32.2. The van der Waals surface area contributed by atoms with E-state index in [4.69, 9.17) is 0 Å². The maximum Gasteiger partial charge on any atom is 0.232 e. The van der Waals surface area contributed by atoms with E-state index in [-0.39, 0.29) is 5.91 Å². The van der Waals surface area contributed by atoms with Gasteiger partial charge in [-0.15, -0.1) is 11.8 Å². The van der Waals surface area contributed by atoms with Crippen LogP contribution in [-0.4, -0.2) is 45.6 Å². The molecule has 1 saturated heterocycles. The molecule has 0 aromatic carbocycles. The zero-order valence-corrected chi connectivity index (χ0v) is 10.2. The number of hydrogen-bond donors (Lipinski definition) is 1. The van der Waals surface area contributed by atoms with Crippen molar-refractivity contribution in [1.29, 1.82) is 0 Å². The second-order valence-electron chi connectivity index (χ2n) is 4.99. The van der Waals surface area contributed by atoms with Crippen molar-refractivity contribution in [2.75, 3.05) is 18.8 Å². The van der Waals surface area contributed by atoms with Crippen molar-refractivity contribution in [3.8, 4) is 0 Å². The zero-order chi connectivity index (χ0) is 11.1. The molecule has 2 rings (SSSR count). The highest BCUT2D eigenvalue weighted by Crippen LogP contribution is 2.44. The normalized spacial score (nSPS) is 24.1. The van der Waals surface area contributed by atoms with E-state index >= 15 is 0 Å². The van der Waals surface area contributed by atoms with E-state index < -0.39 is 5.60 Å². The van der Waals surface area contributed by atoms with Crippen molar-refractivity contribution in [3.05, 3.63) is 0 Å². The van der Waals surface area contributed by atoms with E-state index in [1.165, 1.54) is 0 Å². The Labute approximate surface area is 95.2 Å². The largest absolute Gasteiger partial charge is 0.386 e. The number of amides is 1. The molecule has 1 heterocycles. The van der Waals surface area contributed by atoms with Crippen molar-refractivity contribution < 1.29 is 9.90 Å². The standard InChI is InChI=1S/C11H19NO2S/c1-8(2)15-5-10(13)12-6-11(14,7-12)9-3-4-9/h8-9,14H,3-7H2,1-2H3. The average molecular weight is 229 g/mol. The van der Waals surface area contributed by atoms with Crippen molar-refractivity contribution in [2.45, 2.75) is 37.5 Å². The fourth-order valence-electron chi connectivity index (χ4n) is 2.00. The minimum atomic E-state index is -0.530. The molecular formula is C11H19NO2S. The molecule has 0 spiro atoms. The SMILES string of the molecule is CC(C)SCC(=O)N1CC(O)(C2CC2)C1. The quantitative estimate of drug-likeness (QED) is 0.785. The molecule has 15 heavy (non-hydrogen) atoms. The monoisotopic (exact) mass is 229 g/mol. The van der Waals surface area contributed by atoms with Crippen LogP contribution in [0.3, 0.4) is 0 Å². The summed E-state index contributed by atoms with van der Waals surface area (Å²) >= 11 is 1.67. The average Bonchev–Trinajstić information content (AvgIpc) is 2.91. The summed E-state index contributed by atoms with van der Waals surface area (Å²) in [5.41, 5.74) is -0.530. The van der Waals surface area contributed by atoms with Crippen molar-refractivity contribution in [1.82, 2.24) is 4.90 Å². The summed E-state index contributed by atoms with van der Waals surface area (Å²) in [6, 6.07) is 0. The highest BCUT2D eigenvalue weighted by molar-refractivity contribution is 8.00. The molecule has 1 aliphatic heterocycles. The number of thioether (sulfide) groups is 1. The van der Waals surface area contributed by atoms with Gasteiger partial charge in [-0.05, 0) is 24.0 Å². The van der Waals surface area contributed by atoms with Gasteiger partial charge >= 0.3 is 0 Å². The number of carbonyl (C=O) groups excluding carboxylic acids is 1. The van der Waals surface area contributed by atoms with Crippen LogP contribution < -0.4 is 0 Å². The molecule has 0 unspecified atom stereocenters. The Kier molecular flexibility index (Phi) is 2.99. The smallest absolute Gasteiger partial charge is 0.232 e. The topological polar surface area (TPSA) is 40.5 Å². The van der Waals surface area contributed by atoms with Gasteiger partial charge in [-0.1, -0.05) is 13.8 Å². The summed E-state index contributed by atoms with van der Waals surface area (Å²) in [5, 5.41) is 10.5. The number of β-amino-alcohol motifs (C(OH)–C–C–N with tert-alkyl or cyclic N) is 1.